The molecule has 0 unspecified atom stereocenters. The molecule has 7 nitrogen and oxygen atoms in total. The molecule has 8 heteroatoms. The highest BCUT2D eigenvalue weighted by atomic mass is 28.3. The van der Waals surface area contributed by atoms with Crippen LogP contribution >= 0.6 is 0 Å². The Morgan fingerprint density at radius 1 is 1.11 bits per heavy atom. The number of likely N-dealkylation sites (tertiary alicyclic amines) is 1. The number of Topliss-reactive ketones (excluding diaryl/α,β-unsaturated/α-hetero) is 1. The summed E-state index contributed by atoms with van der Waals surface area (Å²) in [5.74, 6) is 0.890. The standard InChI is InChI=1S/C28H43N3O4Si/c1-28(2,3)35-27(33)30-11-9-20(10-12-30)15-21-16-23-24(25(32)22-7-8-22)18-31(26(23)29-17-21)19-34-13-14-36(4,5)6/h16-18,20,22H,7-15,19H2,1-6H3. The lowest BCUT2D eigenvalue weighted by Crippen LogP contribution is -2.42. The van der Waals surface area contributed by atoms with Crippen molar-refractivity contribution in [3.05, 3.63) is 29.6 Å². The molecule has 0 aromatic carbocycles. The third-order valence-corrected chi connectivity index (χ3v) is 8.71. The fraction of sp³-hybridized carbons (Fsp3) is 0.679. The molecule has 0 radical (unpaired) electrons. The lowest BCUT2D eigenvalue weighted by Gasteiger charge is -2.33. The van der Waals surface area contributed by atoms with Gasteiger partial charge in [0.1, 0.15) is 18.0 Å². The minimum Gasteiger partial charge on any atom is -0.444 e. The molecule has 2 aromatic rings. The number of amides is 1. The number of ketones is 1. The third-order valence-electron chi connectivity index (χ3n) is 7.00. The van der Waals surface area contributed by atoms with E-state index in [4.69, 9.17) is 14.5 Å². The molecule has 36 heavy (non-hydrogen) atoms. The van der Waals surface area contributed by atoms with Crippen molar-refractivity contribution in [3.8, 4) is 0 Å². The van der Waals surface area contributed by atoms with Crippen LogP contribution in [0.4, 0.5) is 4.79 Å². The molecule has 1 amide bonds. The Morgan fingerprint density at radius 2 is 1.81 bits per heavy atom. The Balaban J connectivity index is 1.43. The van der Waals surface area contributed by atoms with Crippen LogP contribution < -0.4 is 0 Å². The van der Waals surface area contributed by atoms with E-state index < -0.39 is 13.7 Å². The predicted octanol–water partition coefficient (Wildman–Crippen LogP) is 6.13. The van der Waals surface area contributed by atoms with E-state index in [-0.39, 0.29) is 17.8 Å². The molecule has 2 fully saturated rings. The molecular formula is C28H43N3O4Si. The summed E-state index contributed by atoms with van der Waals surface area (Å²) in [4.78, 5) is 32.1. The quantitative estimate of drug-likeness (QED) is 0.229. The van der Waals surface area contributed by atoms with E-state index in [9.17, 15) is 9.59 Å². The molecule has 1 aliphatic heterocycles. The summed E-state index contributed by atoms with van der Waals surface area (Å²) in [5, 5.41) is 0.949. The zero-order valence-electron chi connectivity index (χ0n) is 22.9. The van der Waals surface area contributed by atoms with Gasteiger partial charge in [0.05, 0.1) is 0 Å². The molecule has 0 bridgehead atoms. The van der Waals surface area contributed by atoms with Gasteiger partial charge in [-0.05, 0) is 76.5 Å². The second-order valence-electron chi connectivity index (χ2n) is 12.8. The number of carbonyl (C=O) groups excluding carboxylic acids is 2. The van der Waals surface area contributed by atoms with E-state index in [2.05, 4.69) is 25.7 Å². The van der Waals surface area contributed by atoms with E-state index in [1.54, 1.807) is 0 Å². The maximum Gasteiger partial charge on any atom is 0.410 e. The van der Waals surface area contributed by atoms with Gasteiger partial charge >= 0.3 is 6.09 Å². The Labute approximate surface area is 216 Å². The molecular weight excluding hydrogens is 470 g/mol. The first kappa shape index (κ1) is 26.9. The van der Waals surface area contributed by atoms with Crippen molar-refractivity contribution in [1.29, 1.82) is 0 Å². The van der Waals surface area contributed by atoms with Crippen molar-refractivity contribution in [2.75, 3.05) is 19.7 Å². The van der Waals surface area contributed by atoms with Crippen molar-refractivity contribution >= 4 is 31.0 Å². The van der Waals surface area contributed by atoms with Crippen LogP contribution in [0.3, 0.4) is 0 Å². The lowest BCUT2D eigenvalue weighted by atomic mass is 9.90. The molecule has 1 saturated heterocycles. The van der Waals surface area contributed by atoms with Crippen LogP contribution in [0.25, 0.3) is 11.0 Å². The molecule has 3 heterocycles. The van der Waals surface area contributed by atoms with Gasteiger partial charge in [-0.2, -0.15) is 0 Å². The number of pyridine rings is 1. The average Bonchev–Trinajstić information content (AvgIpc) is 3.57. The van der Waals surface area contributed by atoms with Gasteiger partial charge in [-0.1, -0.05) is 19.6 Å². The highest BCUT2D eigenvalue weighted by Crippen LogP contribution is 2.35. The first-order valence-electron chi connectivity index (χ1n) is 13.5. The van der Waals surface area contributed by atoms with Gasteiger partial charge < -0.3 is 18.9 Å². The minimum atomic E-state index is -1.15. The van der Waals surface area contributed by atoms with Crippen LogP contribution in [0, 0.1) is 11.8 Å². The van der Waals surface area contributed by atoms with Gasteiger partial charge in [0.25, 0.3) is 0 Å². The number of carbonyl (C=O) groups is 2. The Kier molecular flexibility index (Phi) is 7.95. The van der Waals surface area contributed by atoms with Crippen molar-refractivity contribution in [3.63, 3.8) is 0 Å². The second kappa shape index (κ2) is 10.7. The molecule has 0 atom stereocenters. The average molecular weight is 514 g/mol. The van der Waals surface area contributed by atoms with Crippen molar-refractivity contribution in [2.24, 2.45) is 11.8 Å². The summed E-state index contributed by atoms with van der Waals surface area (Å²) >= 11 is 0. The molecule has 2 aromatic heterocycles. The van der Waals surface area contributed by atoms with E-state index >= 15 is 0 Å². The maximum absolute atomic E-state index is 13.1. The number of nitrogens with zero attached hydrogens (tertiary/aromatic N) is 3. The normalized spacial score (nSPS) is 17.6. The number of hydrogen-bond donors (Lipinski definition) is 0. The topological polar surface area (TPSA) is 73.7 Å². The fourth-order valence-corrected chi connectivity index (χ4v) is 5.46. The van der Waals surface area contributed by atoms with Crippen LogP contribution in [0.15, 0.2) is 18.5 Å². The van der Waals surface area contributed by atoms with Gasteiger partial charge in [0.15, 0.2) is 5.78 Å². The maximum atomic E-state index is 13.1. The van der Waals surface area contributed by atoms with Crippen LogP contribution in [-0.2, 0) is 22.6 Å². The molecule has 1 saturated carbocycles. The highest BCUT2D eigenvalue weighted by Gasteiger charge is 2.33. The number of aromatic nitrogens is 2. The van der Waals surface area contributed by atoms with Crippen LogP contribution in [0.1, 0.15) is 62.4 Å². The molecule has 198 valence electrons. The van der Waals surface area contributed by atoms with E-state index in [1.807, 2.05) is 42.6 Å². The third kappa shape index (κ3) is 7.19. The molecule has 0 N–H and O–H groups in total. The lowest BCUT2D eigenvalue weighted by molar-refractivity contribution is 0.0184. The van der Waals surface area contributed by atoms with E-state index in [0.29, 0.717) is 25.7 Å². The predicted molar refractivity (Wildman–Crippen MR) is 145 cm³/mol. The summed E-state index contributed by atoms with van der Waals surface area (Å²) in [6.07, 6.45) is 8.44. The van der Waals surface area contributed by atoms with Gasteiger partial charge in [0, 0.05) is 57.0 Å². The van der Waals surface area contributed by atoms with Crippen LogP contribution in [0.5, 0.6) is 0 Å². The van der Waals surface area contributed by atoms with E-state index in [0.717, 1.165) is 66.9 Å². The number of rotatable bonds is 9. The van der Waals surface area contributed by atoms with Crippen molar-refractivity contribution in [1.82, 2.24) is 14.5 Å². The highest BCUT2D eigenvalue weighted by molar-refractivity contribution is 6.76. The van der Waals surface area contributed by atoms with Crippen molar-refractivity contribution in [2.45, 2.75) is 90.9 Å². The number of hydrogen-bond acceptors (Lipinski definition) is 5. The number of piperidine rings is 1. The van der Waals surface area contributed by atoms with Crippen molar-refractivity contribution < 1.29 is 19.1 Å². The monoisotopic (exact) mass is 513 g/mol. The van der Waals surface area contributed by atoms with Gasteiger partial charge in [0.2, 0.25) is 0 Å². The SMILES string of the molecule is CC(C)(C)OC(=O)N1CCC(Cc2cnc3c(c2)c(C(=O)C2CC2)cn3COCC[Si](C)(C)C)CC1. The summed E-state index contributed by atoms with van der Waals surface area (Å²) < 4.78 is 13.5. The molecule has 4 rings (SSSR count). The first-order valence-corrected chi connectivity index (χ1v) is 17.2. The number of ether oxygens (including phenoxy) is 2. The summed E-state index contributed by atoms with van der Waals surface area (Å²) in [7, 11) is -1.15. The Bertz CT molecular complexity index is 1090. The first-order chi connectivity index (χ1) is 16.9. The molecule has 1 aliphatic carbocycles. The Morgan fingerprint density at radius 3 is 2.42 bits per heavy atom. The Hall–Kier alpha value is -2.19. The van der Waals surface area contributed by atoms with Crippen LogP contribution in [0.2, 0.25) is 25.7 Å². The van der Waals surface area contributed by atoms with Crippen LogP contribution in [-0.4, -0.2) is 59.7 Å². The minimum absolute atomic E-state index is 0.165. The zero-order chi connectivity index (χ0) is 26.1. The molecule has 2 aliphatic rings. The fourth-order valence-electron chi connectivity index (χ4n) is 4.71. The second-order valence-corrected chi connectivity index (χ2v) is 18.5. The van der Waals surface area contributed by atoms with Gasteiger partial charge in [-0.15, -0.1) is 0 Å². The number of fused-ring (bicyclic) bond motifs is 1. The largest absolute Gasteiger partial charge is 0.444 e. The van der Waals surface area contributed by atoms with Gasteiger partial charge in [-0.25, -0.2) is 9.78 Å². The zero-order valence-corrected chi connectivity index (χ0v) is 23.9. The summed E-state index contributed by atoms with van der Waals surface area (Å²) in [5.41, 5.74) is 2.30. The molecule has 0 spiro atoms. The van der Waals surface area contributed by atoms with E-state index in [1.165, 1.54) is 0 Å². The van der Waals surface area contributed by atoms with Gasteiger partial charge in [-0.3, -0.25) is 4.79 Å². The summed E-state index contributed by atoms with van der Waals surface area (Å²) in [6, 6.07) is 3.28. The summed E-state index contributed by atoms with van der Waals surface area (Å²) in [6.45, 7) is 15.3. The smallest absolute Gasteiger partial charge is 0.410 e.